The third-order valence-corrected chi connectivity index (χ3v) is 3.02. The average molecular weight is 309 g/mol. The topological polar surface area (TPSA) is 41.1 Å². The Morgan fingerprint density at radius 3 is 2.55 bits per heavy atom. The normalized spacial score (nSPS) is 13.1. The van der Waals surface area contributed by atoms with Crippen LogP contribution in [0.2, 0.25) is 5.02 Å². The molecule has 1 atom stereocenters. The molecule has 1 aromatic rings. The molecule has 1 amide bonds. The number of benzene rings is 1. The molecule has 0 heterocycles. The van der Waals surface area contributed by atoms with Gasteiger partial charge in [-0.25, -0.2) is 0 Å². The number of alkyl halides is 3. The maximum absolute atomic E-state index is 12.5. The maximum atomic E-state index is 12.5. The van der Waals surface area contributed by atoms with Crippen LogP contribution in [0.4, 0.5) is 18.9 Å². The van der Waals surface area contributed by atoms with Gasteiger partial charge in [0.05, 0.1) is 16.3 Å². The first kappa shape index (κ1) is 16.8. The molecule has 1 rings (SSSR count). The lowest BCUT2D eigenvalue weighted by Gasteiger charge is -2.14. The Labute approximate surface area is 120 Å². The van der Waals surface area contributed by atoms with Gasteiger partial charge in [0.1, 0.15) is 0 Å². The van der Waals surface area contributed by atoms with Crippen molar-refractivity contribution in [2.24, 2.45) is 5.92 Å². The van der Waals surface area contributed by atoms with Crippen LogP contribution in [0.25, 0.3) is 0 Å². The van der Waals surface area contributed by atoms with E-state index >= 15 is 0 Å². The Morgan fingerprint density at radius 2 is 2.05 bits per heavy atom. The molecule has 2 N–H and O–H groups in total. The highest BCUT2D eigenvalue weighted by Gasteiger charge is 2.31. The van der Waals surface area contributed by atoms with Crippen molar-refractivity contribution in [1.82, 2.24) is 5.32 Å². The number of hydrogen-bond acceptors (Lipinski definition) is 2. The van der Waals surface area contributed by atoms with E-state index in [0.717, 1.165) is 24.7 Å². The van der Waals surface area contributed by atoms with E-state index in [4.69, 9.17) is 11.6 Å². The van der Waals surface area contributed by atoms with Gasteiger partial charge in [0.25, 0.3) is 0 Å². The van der Waals surface area contributed by atoms with Crippen molar-refractivity contribution in [3.05, 3.63) is 28.8 Å². The monoisotopic (exact) mass is 308 g/mol. The molecule has 0 fully saturated rings. The zero-order valence-electron chi connectivity index (χ0n) is 11.1. The minimum Gasteiger partial charge on any atom is -0.324 e. The fourth-order valence-electron chi connectivity index (χ4n) is 1.50. The van der Waals surface area contributed by atoms with E-state index in [9.17, 15) is 18.0 Å². The van der Waals surface area contributed by atoms with Gasteiger partial charge in [-0.05, 0) is 24.7 Å². The minimum atomic E-state index is -4.45. The number of carbonyl (C=O) groups excluding carboxylic acids is 1. The third-order valence-electron chi connectivity index (χ3n) is 2.70. The van der Waals surface area contributed by atoms with Gasteiger partial charge >= 0.3 is 6.18 Å². The van der Waals surface area contributed by atoms with Gasteiger partial charge in [-0.2, -0.15) is 13.2 Å². The molecular weight excluding hydrogens is 293 g/mol. The van der Waals surface area contributed by atoms with Crippen molar-refractivity contribution >= 4 is 23.2 Å². The molecule has 0 saturated carbocycles. The summed E-state index contributed by atoms with van der Waals surface area (Å²) in [6, 6.07) is 2.84. The Bertz CT molecular complexity index is 477. The molecule has 112 valence electrons. The largest absolute Gasteiger partial charge is 0.416 e. The summed E-state index contributed by atoms with van der Waals surface area (Å²) in [7, 11) is 0. The van der Waals surface area contributed by atoms with Gasteiger partial charge in [0, 0.05) is 12.5 Å². The standard InChI is InChI=1S/C13H16ClF3N2O/c1-3-18-7-8(2)12(20)19-11-5-4-9(6-10(11)14)13(15,16)17/h4-6,8,18H,3,7H2,1-2H3,(H,19,20). The van der Waals surface area contributed by atoms with E-state index in [2.05, 4.69) is 10.6 Å². The molecule has 1 aromatic carbocycles. The Morgan fingerprint density at radius 1 is 1.40 bits per heavy atom. The Hall–Kier alpha value is -1.27. The van der Waals surface area contributed by atoms with Crippen molar-refractivity contribution in [1.29, 1.82) is 0 Å². The average Bonchev–Trinajstić information content (AvgIpc) is 2.36. The second kappa shape index (κ2) is 6.95. The second-order valence-corrected chi connectivity index (χ2v) is 4.80. The fourth-order valence-corrected chi connectivity index (χ4v) is 1.73. The van der Waals surface area contributed by atoms with E-state index < -0.39 is 11.7 Å². The van der Waals surface area contributed by atoms with Gasteiger partial charge in [-0.1, -0.05) is 25.4 Å². The molecule has 0 aliphatic carbocycles. The zero-order valence-corrected chi connectivity index (χ0v) is 11.9. The van der Waals surface area contributed by atoms with E-state index in [1.165, 1.54) is 0 Å². The number of hydrogen-bond donors (Lipinski definition) is 2. The number of anilines is 1. The summed E-state index contributed by atoms with van der Waals surface area (Å²) in [4.78, 5) is 11.8. The first-order valence-corrected chi connectivity index (χ1v) is 6.51. The first-order valence-electron chi connectivity index (χ1n) is 6.14. The summed E-state index contributed by atoms with van der Waals surface area (Å²) >= 11 is 5.76. The van der Waals surface area contributed by atoms with Crippen molar-refractivity contribution in [3.63, 3.8) is 0 Å². The van der Waals surface area contributed by atoms with Crippen LogP contribution < -0.4 is 10.6 Å². The predicted octanol–water partition coefficient (Wildman–Crippen LogP) is 3.54. The molecule has 20 heavy (non-hydrogen) atoms. The molecule has 0 radical (unpaired) electrons. The van der Waals surface area contributed by atoms with Crippen molar-refractivity contribution in [2.45, 2.75) is 20.0 Å². The lowest BCUT2D eigenvalue weighted by molar-refractivity contribution is -0.137. The summed E-state index contributed by atoms with van der Waals surface area (Å²) in [6.45, 7) is 4.85. The van der Waals surface area contributed by atoms with Crippen molar-refractivity contribution in [2.75, 3.05) is 18.4 Å². The molecule has 0 saturated heterocycles. The SMILES string of the molecule is CCNCC(C)C(=O)Nc1ccc(C(F)(F)F)cc1Cl. The van der Waals surface area contributed by atoms with E-state index in [1.807, 2.05) is 6.92 Å². The maximum Gasteiger partial charge on any atom is 0.416 e. The van der Waals surface area contributed by atoms with Crippen LogP contribution in [-0.2, 0) is 11.0 Å². The number of carbonyl (C=O) groups is 1. The molecule has 7 heteroatoms. The molecular formula is C13H16ClF3N2O. The summed E-state index contributed by atoms with van der Waals surface area (Å²) in [6.07, 6.45) is -4.45. The second-order valence-electron chi connectivity index (χ2n) is 4.39. The molecule has 0 aliphatic heterocycles. The molecule has 0 spiro atoms. The number of amides is 1. The van der Waals surface area contributed by atoms with E-state index in [1.54, 1.807) is 6.92 Å². The Kier molecular flexibility index (Phi) is 5.83. The zero-order chi connectivity index (χ0) is 15.3. The summed E-state index contributed by atoms with van der Waals surface area (Å²) < 4.78 is 37.4. The molecule has 0 aromatic heterocycles. The highest BCUT2D eigenvalue weighted by atomic mass is 35.5. The van der Waals surface area contributed by atoms with Gasteiger partial charge < -0.3 is 10.6 Å². The number of nitrogens with one attached hydrogen (secondary N) is 2. The van der Waals surface area contributed by atoms with Gasteiger partial charge in [0.15, 0.2) is 0 Å². The van der Waals surface area contributed by atoms with Crippen LogP contribution >= 0.6 is 11.6 Å². The summed E-state index contributed by atoms with van der Waals surface area (Å²) in [5, 5.41) is 5.40. The van der Waals surface area contributed by atoms with Crippen LogP contribution in [0.3, 0.4) is 0 Å². The first-order chi connectivity index (χ1) is 9.25. The molecule has 3 nitrogen and oxygen atoms in total. The minimum absolute atomic E-state index is 0.135. The smallest absolute Gasteiger partial charge is 0.324 e. The summed E-state index contributed by atoms with van der Waals surface area (Å²) in [5.74, 6) is -0.610. The van der Waals surface area contributed by atoms with Crippen LogP contribution in [0.5, 0.6) is 0 Å². The van der Waals surface area contributed by atoms with Crippen molar-refractivity contribution in [3.8, 4) is 0 Å². The highest BCUT2D eigenvalue weighted by molar-refractivity contribution is 6.33. The van der Waals surface area contributed by atoms with Gasteiger partial charge in [-0.3, -0.25) is 4.79 Å². The highest BCUT2D eigenvalue weighted by Crippen LogP contribution is 2.33. The molecule has 0 aliphatic rings. The predicted molar refractivity (Wildman–Crippen MR) is 72.8 cm³/mol. The number of halogens is 4. The van der Waals surface area contributed by atoms with E-state index in [-0.39, 0.29) is 22.5 Å². The van der Waals surface area contributed by atoms with Crippen molar-refractivity contribution < 1.29 is 18.0 Å². The quantitative estimate of drug-likeness (QED) is 0.873. The lowest BCUT2D eigenvalue weighted by atomic mass is 10.1. The van der Waals surface area contributed by atoms with Gasteiger partial charge in [0.2, 0.25) is 5.91 Å². The fraction of sp³-hybridized carbons (Fsp3) is 0.462. The lowest BCUT2D eigenvalue weighted by Crippen LogP contribution is -2.30. The van der Waals surface area contributed by atoms with Crippen LogP contribution in [0.1, 0.15) is 19.4 Å². The molecule has 1 unspecified atom stereocenters. The summed E-state index contributed by atoms with van der Waals surface area (Å²) in [5.41, 5.74) is -0.672. The van der Waals surface area contributed by atoms with Gasteiger partial charge in [-0.15, -0.1) is 0 Å². The molecule has 0 bridgehead atoms. The van der Waals surface area contributed by atoms with Crippen LogP contribution in [-0.4, -0.2) is 19.0 Å². The van der Waals surface area contributed by atoms with E-state index in [0.29, 0.717) is 6.54 Å². The van der Waals surface area contributed by atoms with Crippen LogP contribution in [0.15, 0.2) is 18.2 Å². The number of rotatable bonds is 5. The van der Waals surface area contributed by atoms with Crippen LogP contribution in [0, 0.1) is 5.92 Å². The third kappa shape index (κ3) is 4.68. The Balaban J connectivity index is 2.76.